The summed E-state index contributed by atoms with van der Waals surface area (Å²) in [6, 6.07) is 6.84. The van der Waals surface area contributed by atoms with E-state index in [2.05, 4.69) is 44.3 Å². The van der Waals surface area contributed by atoms with E-state index in [0.29, 0.717) is 6.54 Å². The van der Waals surface area contributed by atoms with Crippen molar-refractivity contribution >= 4 is 0 Å². The molecule has 2 nitrogen and oxygen atoms in total. The van der Waals surface area contributed by atoms with Gasteiger partial charge >= 0.3 is 0 Å². The molecule has 0 unspecified atom stereocenters. The second-order valence-corrected chi connectivity index (χ2v) is 4.40. The molecule has 0 aliphatic heterocycles. The predicted molar refractivity (Wildman–Crippen MR) is 64.0 cm³/mol. The fourth-order valence-electron chi connectivity index (χ4n) is 1.73. The van der Waals surface area contributed by atoms with E-state index >= 15 is 0 Å². The van der Waals surface area contributed by atoms with Gasteiger partial charge < -0.3 is 10.4 Å². The highest BCUT2D eigenvalue weighted by Gasteiger charge is 2.06. The molecule has 0 spiro atoms. The van der Waals surface area contributed by atoms with Crippen molar-refractivity contribution in [2.24, 2.45) is 0 Å². The van der Waals surface area contributed by atoms with Crippen LogP contribution < -0.4 is 5.32 Å². The van der Waals surface area contributed by atoms with Crippen molar-refractivity contribution in [1.29, 1.82) is 0 Å². The minimum absolute atomic E-state index is 0.290. The lowest BCUT2D eigenvalue weighted by Gasteiger charge is -2.16. The zero-order valence-electron chi connectivity index (χ0n) is 10.0. The SMILES string of the molecule is Cc1cc(C)cc([C@H](C)NC[C@H](C)O)c1. The van der Waals surface area contributed by atoms with Crippen molar-refractivity contribution < 1.29 is 5.11 Å². The average Bonchev–Trinajstić information content (AvgIpc) is 2.12. The van der Waals surface area contributed by atoms with Gasteiger partial charge in [0.1, 0.15) is 0 Å². The second-order valence-electron chi connectivity index (χ2n) is 4.40. The number of nitrogens with one attached hydrogen (secondary N) is 1. The first kappa shape index (κ1) is 12.2. The molecule has 2 heteroatoms. The van der Waals surface area contributed by atoms with Crippen molar-refractivity contribution in [2.75, 3.05) is 6.54 Å². The molecule has 0 saturated carbocycles. The van der Waals surface area contributed by atoms with Crippen LogP contribution in [-0.4, -0.2) is 17.8 Å². The molecule has 84 valence electrons. The Balaban J connectivity index is 2.68. The van der Waals surface area contributed by atoms with Gasteiger partial charge in [0.05, 0.1) is 6.10 Å². The molecule has 1 rings (SSSR count). The van der Waals surface area contributed by atoms with Gasteiger partial charge in [-0.3, -0.25) is 0 Å². The molecular formula is C13H21NO. The standard InChI is InChI=1S/C13H21NO/c1-9-5-10(2)7-13(6-9)12(4)14-8-11(3)15/h5-7,11-12,14-15H,8H2,1-4H3/t11-,12-/m0/s1. The number of aliphatic hydroxyl groups excluding tert-OH is 1. The normalized spacial score (nSPS) is 15.0. The third-order valence-electron chi connectivity index (χ3n) is 2.46. The van der Waals surface area contributed by atoms with Gasteiger partial charge in [0.15, 0.2) is 0 Å². The van der Waals surface area contributed by atoms with E-state index in [-0.39, 0.29) is 12.1 Å². The monoisotopic (exact) mass is 207 g/mol. The summed E-state index contributed by atoms with van der Waals surface area (Å²) < 4.78 is 0. The zero-order chi connectivity index (χ0) is 11.4. The van der Waals surface area contributed by atoms with Crippen molar-refractivity contribution in [2.45, 2.75) is 39.8 Å². The largest absolute Gasteiger partial charge is 0.392 e. The van der Waals surface area contributed by atoms with Crippen molar-refractivity contribution in [3.63, 3.8) is 0 Å². The molecule has 1 aromatic carbocycles. The summed E-state index contributed by atoms with van der Waals surface area (Å²) in [6.45, 7) is 8.77. The van der Waals surface area contributed by atoms with Gasteiger partial charge in [-0.25, -0.2) is 0 Å². The molecule has 15 heavy (non-hydrogen) atoms. The van der Waals surface area contributed by atoms with E-state index in [1.165, 1.54) is 16.7 Å². The van der Waals surface area contributed by atoms with Crippen LogP contribution in [0.3, 0.4) is 0 Å². The fourth-order valence-corrected chi connectivity index (χ4v) is 1.73. The number of benzene rings is 1. The first-order valence-electron chi connectivity index (χ1n) is 5.48. The van der Waals surface area contributed by atoms with Gasteiger partial charge in [-0.05, 0) is 33.3 Å². The van der Waals surface area contributed by atoms with Gasteiger partial charge in [-0.1, -0.05) is 29.3 Å². The summed E-state index contributed by atoms with van der Waals surface area (Å²) in [4.78, 5) is 0. The van der Waals surface area contributed by atoms with Crippen LogP contribution in [0.5, 0.6) is 0 Å². The van der Waals surface area contributed by atoms with Crippen molar-refractivity contribution in [3.05, 3.63) is 34.9 Å². The number of hydrogen-bond donors (Lipinski definition) is 2. The van der Waals surface area contributed by atoms with Crippen LogP contribution in [0.25, 0.3) is 0 Å². The molecule has 2 N–H and O–H groups in total. The first-order valence-corrected chi connectivity index (χ1v) is 5.48. The maximum absolute atomic E-state index is 9.19. The van der Waals surface area contributed by atoms with Gasteiger partial charge in [-0.15, -0.1) is 0 Å². The summed E-state index contributed by atoms with van der Waals surface area (Å²) >= 11 is 0. The minimum Gasteiger partial charge on any atom is -0.392 e. The van der Waals surface area contributed by atoms with Crippen molar-refractivity contribution in [1.82, 2.24) is 5.32 Å². The third kappa shape index (κ3) is 4.02. The van der Waals surface area contributed by atoms with E-state index in [0.717, 1.165) is 0 Å². The van der Waals surface area contributed by atoms with Crippen LogP contribution in [0.2, 0.25) is 0 Å². The fraction of sp³-hybridized carbons (Fsp3) is 0.538. The Morgan fingerprint density at radius 2 is 1.67 bits per heavy atom. The Morgan fingerprint density at radius 1 is 1.13 bits per heavy atom. The Kier molecular flexibility index (Phi) is 4.30. The Labute approximate surface area is 92.3 Å². The molecule has 0 bridgehead atoms. The summed E-state index contributed by atoms with van der Waals surface area (Å²) in [5, 5.41) is 12.5. The molecule has 0 heterocycles. The molecular weight excluding hydrogens is 186 g/mol. The molecule has 1 aromatic rings. The molecule has 0 aromatic heterocycles. The molecule has 0 aliphatic carbocycles. The smallest absolute Gasteiger partial charge is 0.0636 e. The minimum atomic E-state index is -0.293. The Morgan fingerprint density at radius 3 is 2.13 bits per heavy atom. The van der Waals surface area contributed by atoms with Gasteiger partial charge in [0.25, 0.3) is 0 Å². The first-order chi connectivity index (χ1) is 6.99. The van der Waals surface area contributed by atoms with E-state index in [9.17, 15) is 5.11 Å². The quantitative estimate of drug-likeness (QED) is 0.794. The molecule has 0 radical (unpaired) electrons. The molecule has 0 aliphatic rings. The number of aliphatic hydroxyl groups is 1. The maximum Gasteiger partial charge on any atom is 0.0636 e. The molecule has 0 saturated heterocycles. The number of hydrogen-bond acceptors (Lipinski definition) is 2. The second kappa shape index (κ2) is 5.29. The summed E-state index contributed by atoms with van der Waals surface area (Å²) in [7, 11) is 0. The number of aryl methyl sites for hydroxylation is 2. The topological polar surface area (TPSA) is 32.3 Å². The lowest BCUT2D eigenvalue weighted by atomic mass is 10.0. The summed E-state index contributed by atoms with van der Waals surface area (Å²) in [5.74, 6) is 0. The highest BCUT2D eigenvalue weighted by molar-refractivity contribution is 5.30. The molecule has 2 atom stereocenters. The summed E-state index contributed by atoms with van der Waals surface area (Å²) in [6.07, 6.45) is -0.293. The van der Waals surface area contributed by atoms with Crippen LogP contribution in [-0.2, 0) is 0 Å². The van der Waals surface area contributed by atoms with Crippen LogP contribution >= 0.6 is 0 Å². The molecule has 0 amide bonds. The summed E-state index contributed by atoms with van der Waals surface area (Å²) in [5.41, 5.74) is 3.86. The van der Waals surface area contributed by atoms with Crippen LogP contribution in [0, 0.1) is 13.8 Å². The Hall–Kier alpha value is -0.860. The Bertz CT molecular complexity index is 300. The zero-order valence-corrected chi connectivity index (χ0v) is 10.0. The van der Waals surface area contributed by atoms with E-state index in [4.69, 9.17) is 0 Å². The third-order valence-corrected chi connectivity index (χ3v) is 2.46. The van der Waals surface area contributed by atoms with Gasteiger partial charge in [-0.2, -0.15) is 0 Å². The van der Waals surface area contributed by atoms with Crippen LogP contribution in [0.1, 0.15) is 36.6 Å². The highest BCUT2D eigenvalue weighted by atomic mass is 16.3. The van der Waals surface area contributed by atoms with Crippen LogP contribution in [0.15, 0.2) is 18.2 Å². The molecule has 0 fully saturated rings. The maximum atomic E-state index is 9.19. The van der Waals surface area contributed by atoms with Gasteiger partial charge in [0, 0.05) is 12.6 Å². The average molecular weight is 207 g/mol. The van der Waals surface area contributed by atoms with Crippen LogP contribution in [0.4, 0.5) is 0 Å². The van der Waals surface area contributed by atoms with Gasteiger partial charge in [0.2, 0.25) is 0 Å². The van der Waals surface area contributed by atoms with Crippen molar-refractivity contribution in [3.8, 4) is 0 Å². The predicted octanol–water partition coefficient (Wildman–Crippen LogP) is 2.33. The van der Waals surface area contributed by atoms with E-state index in [1.54, 1.807) is 6.92 Å². The lowest BCUT2D eigenvalue weighted by molar-refractivity contribution is 0.187. The lowest BCUT2D eigenvalue weighted by Crippen LogP contribution is -2.27. The van der Waals surface area contributed by atoms with E-state index in [1.807, 2.05) is 0 Å². The number of rotatable bonds is 4. The van der Waals surface area contributed by atoms with E-state index < -0.39 is 0 Å². The highest BCUT2D eigenvalue weighted by Crippen LogP contribution is 2.16.